The van der Waals surface area contributed by atoms with Crippen molar-refractivity contribution in [3.05, 3.63) is 102 Å². The summed E-state index contributed by atoms with van der Waals surface area (Å²) in [5, 5.41) is 8.64. The number of nitrogens with zero attached hydrogens (tertiary/aromatic N) is 2. The van der Waals surface area contributed by atoms with Crippen LogP contribution in [0.25, 0.3) is 0 Å². The molecule has 4 heteroatoms. The lowest BCUT2D eigenvalue weighted by molar-refractivity contribution is 0.106. The molecule has 0 N–H and O–H groups in total. The van der Waals surface area contributed by atoms with Crippen LogP contribution in [0.3, 0.4) is 0 Å². The van der Waals surface area contributed by atoms with E-state index < -0.39 is 0 Å². The maximum absolute atomic E-state index is 13.0. The largest absolute Gasteiger partial charge is 0.497 e. The number of ketones is 1. The second-order valence-electron chi connectivity index (χ2n) is 5.93. The molecule has 0 saturated carbocycles. The molecule has 0 aliphatic rings. The van der Waals surface area contributed by atoms with Gasteiger partial charge in [0.05, 0.1) is 12.8 Å². The smallest absolute Gasteiger partial charge is 0.213 e. The highest BCUT2D eigenvalue weighted by molar-refractivity contribution is 6.51. The van der Waals surface area contributed by atoms with Gasteiger partial charge in [0.25, 0.3) is 0 Å². The van der Waals surface area contributed by atoms with Gasteiger partial charge in [0.15, 0.2) is 0 Å². The molecule has 0 spiro atoms. The van der Waals surface area contributed by atoms with Crippen LogP contribution in [0.2, 0.25) is 0 Å². The molecule has 4 nitrogen and oxygen atoms in total. The Balaban J connectivity index is 2.01. The fraction of sp³-hybridized carbons (Fsp3) is 0.0870. The third kappa shape index (κ3) is 4.55. The fourth-order valence-electron chi connectivity index (χ4n) is 2.59. The topological polar surface area (TPSA) is 51.0 Å². The highest BCUT2D eigenvalue weighted by Crippen LogP contribution is 2.14. The Bertz CT molecular complexity index is 978. The molecular weight excluding hydrogens is 336 g/mol. The first-order valence-electron chi connectivity index (χ1n) is 8.61. The van der Waals surface area contributed by atoms with E-state index in [9.17, 15) is 4.79 Å². The molecule has 0 amide bonds. The lowest BCUT2D eigenvalue weighted by Gasteiger charge is -2.06. The van der Waals surface area contributed by atoms with Gasteiger partial charge in [-0.3, -0.25) is 4.79 Å². The molecule has 3 rings (SSSR count). The summed E-state index contributed by atoms with van der Waals surface area (Å²) in [6.07, 6.45) is 0. The first-order chi connectivity index (χ1) is 13.2. The highest BCUT2D eigenvalue weighted by atomic mass is 16.5. The average Bonchev–Trinajstić information content (AvgIpc) is 2.75. The van der Waals surface area contributed by atoms with E-state index in [-0.39, 0.29) is 5.78 Å². The minimum atomic E-state index is -0.163. The number of carbonyl (C=O) groups excluding carboxylic acids is 1. The SMILES string of the molecule is COc1cccc(/C(C)=N/N=C(/C(=O)c2ccccc2)c2ccccc2)c1. The number of Topliss-reactive ketones (excluding diaryl/α,β-unsaturated/α-hetero) is 1. The number of ether oxygens (including phenoxy) is 1. The lowest BCUT2D eigenvalue weighted by Crippen LogP contribution is -2.15. The van der Waals surface area contributed by atoms with Crippen LogP contribution in [-0.2, 0) is 0 Å². The van der Waals surface area contributed by atoms with E-state index in [1.807, 2.05) is 79.7 Å². The quantitative estimate of drug-likeness (QED) is 0.362. The molecule has 0 atom stereocenters. The predicted molar refractivity (Wildman–Crippen MR) is 109 cm³/mol. The van der Waals surface area contributed by atoms with Crippen LogP contribution in [0, 0.1) is 0 Å². The molecule has 0 radical (unpaired) electrons. The summed E-state index contributed by atoms with van der Waals surface area (Å²) in [6, 6.07) is 26.0. The van der Waals surface area contributed by atoms with Crippen molar-refractivity contribution in [2.24, 2.45) is 10.2 Å². The van der Waals surface area contributed by atoms with Crippen molar-refractivity contribution in [3.8, 4) is 5.75 Å². The monoisotopic (exact) mass is 356 g/mol. The maximum Gasteiger partial charge on any atom is 0.213 e. The van der Waals surface area contributed by atoms with Gasteiger partial charge in [-0.15, -0.1) is 5.10 Å². The van der Waals surface area contributed by atoms with Gasteiger partial charge in [0, 0.05) is 16.7 Å². The normalized spacial score (nSPS) is 11.9. The zero-order valence-electron chi connectivity index (χ0n) is 15.3. The number of carbonyl (C=O) groups is 1. The van der Waals surface area contributed by atoms with E-state index in [2.05, 4.69) is 10.2 Å². The number of rotatable bonds is 6. The van der Waals surface area contributed by atoms with Gasteiger partial charge in [-0.1, -0.05) is 72.8 Å². The van der Waals surface area contributed by atoms with E-state index in [1.54, 1.807) is 19.2 Å². The molecule has 27 heavy (non-hydrogen) atoms. The second kappa shape index (κ2) is 8.72. The van der Waals surface area contributed by atoms with Crippen molar-refractivity contribution in [1.29, 1.82) is 0 Å². The minimum absolute atomic E-state index is 0.163. The van der Waals surface area contributed by atoms with Gasteiger partial charge in [-0.05, 0) is 19.1 Å². The molecule has 0 aliphatic carbocycles. The van der Waals surface area contributed by atoms with Crippen molar-refractivity contribution < 1.29 is 9.53 Å². The third-order valence-corrected chi connectivity index (χ3v) is 4.09. The molecule has 3 aromatic carbocycles. The Morgan fingerprint density at radius 1 is 0.741 bits per heavy atom. The van der Waals surface area contributed by atoms with Crippen LogP contribution in [0.4, 0.5) is 0 Å². The molecule has 0 fully saturated rings. The zero-order valence-corrected chi connectivity index (χ0v) is 15.3. The molecule has 0 aromatic heterocycles. The molecule has 3 aromatic rings. The van der Waals surface area contributed by atoms with Crippen molar-refractivity contribution in [3.63, 3.8) is 0 Å². The van der Waals surface area contributed by atoms with Gasteiger partial charge >= 0.3 is 0 Å². The summed E-state index contributed by atoms with van der Waals surface area (Å²) < 4.78 is 5.25. The number of hydrogen-bond donors (Lipinski definition) is 0. The van der Waals surface area contributed by atoms with Crippen molar-refractivity contribution >= 4 is 17.2 Å². The Morgan fingerprint density at radius 3 is 1.96 bits per heavy atom. The van der Waals surface area contributed by atoms with Crippen LogP contribution in [-0.4, -0.2) is 24.3 Å². The molecule has 0 saturated heterocycles. The van der Waals surface area contributed by atoms with Crippen molar-refractivity contribution in [2.75, 3.05) is 7.11 Å². The molecule has 0 aliphatic heterocycles. The van der Waals surface area contributed by atoms with Gasteiger partial charge in [-0.25, -0.2) is 0 Å². The van der Waals surface area contributed by atoms with Gasteiger partial charge in [0.1, 0.15) is 11.5 Å². The summed E-state index contributed by atoms with van der Waals surface area (Å²) in [5.74, 6) is 0.582. The van der Waals surface area contributed by atoms with E-state index in [4.69, 9.17) is 4.74 Å². The number of methoxy groups -OCH3 is 1. The molecule has 0 unspecified atom stereocenters. The van der Waals surface area contributed by atoms with Crippen LogP contribution in [0.15, 0.2) is 95.1 Å². The average molecular weight is 356 g/mol. The lowest BCUT2D eigenvalue weighted by atomic mass is 10.0. The van der Waals surface area contributed by atoms with Crippen LogP contribution < -0.4 is 4.74 Å². The third-order valence-electron chi connectivity index (χ3n) is 4.09. The van der Waals surface area contributed by atoms with E-state index >= 15 is 0 Å². The molecular formula is C23H20N2O2. The van der Waals surface area contributed by atoms with Crippen LogP contribution in [0.1, 0.15) is 28.4 Å². The summed E-state index contributed by atoms with van der Waals surface area (Å²) in [5.41, 5.74) is 3.20. The van der Waals surface area contributed by atoms with Gasteiger partial charge in [-0.2, -0.15) is 5.10 Å². The Labute approximate surface area is 158 Å². The van der Waals surface area contributed by atoms with E-state index in [1.165, 1.54) is 0 Å². The van der Waals surface area contributed by atoms with Crippen molar-refractivity contribution in [1.82, 2.24) is 0 Å². The molecule has 0 heterocycles. The second-order valence-corrected chi connectivity index (χ2v) is 5.93. The number of benzene rings is 3. The van der Waals surface area contributed by atoms with Gasteiger partial charge < -0.3 is 4.74 Å². The first-order valence-corrected chi connectivity index (χ1v) is 8.61. The zero-order chi connectivity index (χ0) is 19.1. The Hall–Kier alpha value is -3.53. The summed E-state index contributed by atoms with van der Waals surface area (Å²) in [4.78, 5) is 13.0. The van der Waals surface area contributed by atoms with Crippen LogP contribution in [0.5, 0.6) is 5.75 Å². The van der Waals surface area contributed by atoms with Crippen LogP contribution >= 0.6 is 0 Å². The summed E-state index contributed by atoms with van der Waals surface area (Å²) in [6.45, 7) is 1.86. The number of hydrogen-bond acceptors (Lipinski definition) is 4. The standard InChI is InChI=1S/C23H20N2O2/c1-17(20-14-9-15-21(16-20)27-2)24-25-22(18-10-5-3-6-11-18)23(26)19-12-7-4-8-13-19/h3-16H,1-2H3/b24-17+,25-22+. The van der Waals surface area contributed by atoms with E-state index in [0.717, 1.165) is 16.9 Å². The fourth-order valence-corrected chi connectivity index (χ4v) is 2.59. The summed E-state index contributed by atoms with van der Waals surface area (Å²) in [7, 11) is 1.62. The Kier molecular flexibility index (Phi) is 5.90. The predicted octanol–water partition coefficient (Wildman–Crippen LogP) is 4.79. The minimum Gasteiger partial charge on any atom is -0.497 e. The molecule has 0 bridgehead atoms. The molecule has 134 valence electrons. The summed E-state index contributed by atoms with van der Waals surface area (Å²) >= 11 is 0. The maximum atomic E-state index is 13.0. The van der Waals surface area contributed by atoms with Gasteiger partial charge in [0.2, 0.25) is 5.78 Å². The first kappa shape index (κ1) is 18.3. The Morgan fingerprint density at radius 2 is 1.33 bits per heavy atom. The highest BCUT2D eigenvalue weighted by Gasteiger charge is 2.16. The van der Waals surface area contributed by atoms with Crippen molar-refractivity contribution in [2.45, 2.75) is 6.92 Å². The van der Waals surface area contributed by atoms with E-state index in [0.29, 0.717) is 17.0 Å².